The summed E-state index contributed by atoms with van der Waals surface area (Å²) in [5.41, 5.74) is 0.998. The number of thioether (sulfide) groups is 1. The molecule has 3 rings (SSSR count). The molecule has 0 radical (unpaired) electrons. The minimum absolute atomic E-state index is 0.0414. The molecule has 4 nitrogen and oxygen atoms in total. The fourth-order valence-corrected chi connectivity index (χ4v) is 4.11. The van der Waals surface area contributed by atoms with Crippen molar-refractivity contribution in [3.8, 4) is 0 Å². The number of likely N-dealkylation sites (tertiary alicyclic amines) is 1. The summed E-state index contributed by atoms with van der Waals surface area (Å²) in [7, 11) is 0. The second-order valence-corrected chi connectivity index (χ2v) is 8.11. The predicted molar refractivity (Wildman–Crippen MR) is 112 cm³/mol. The Morgan fingerprint density at radius 1 is 1.04 bits per heavy atom. The van der Waals surface area contributed by atoms with Crippen molar-refractivity contribution >= 4 is 40.9 Å². The maximum atomic E-state index is 12.8. The van der Waals surface area contributed by atoms with Gasteiger partial charge in [-0.2, -0.15) is 0 Å². The molecule has 2 aromatic rings. The van der Waals surface area contributed by atoms with Crippen molar-refractivity contribution in [1.82, 2.24) is 4.90 Å². The molecule has 0 aromatic heterocycles. The standard InChI is InChI=1S/C21H23ClN2O2S/c22-16-9-10-18(21(26)24-12-5-2-6-13-24)19(15-16)23-20(25)11-14-27-17-7-3-1-4-8-17/h1,3-4,7-10,15H,2,5-6,11-14H2,(H,23,25). The van der Waals surface area contributed by atoms with Gasteiger partial charge in [-0.05, 0) is 49.6 Å². The first-order chi connectivity index (χ1) is 13.1. The maximum Gasteiger partial charge on any atom is 0.255 e. The number of amides is 2. The summed E-state index contributed by atoms with van der Waals surface area (Å²) in [6, 6.07) is 15.0. The Morgan fingerprint density at radius 3 is 2.52 bits per heavy atom. The van der Waals surface area contributed by atoms with Crippen LogP contribution in [0.4, 0.5) is 5.69 Å². The number of hydrogen-bond acceptors (Lipinski definition) is 3. The summed E-state index contributed by atoms with van der Waals surface area (Å²) in [5.74, 6) is 0.514. The molecule has 142 valence electrons. The number of piperidine rings is 1. The van der Waals surface area contributed by atoms with Gasteiger partial charge in [0.25, 0.3) is 5.91 Å². The fraction of sp³-hybridized carbons (Fsp3) is 0.333. The third-order valence-corrected chi connectivity index (χ3v) is 5.72. The van der Waals surface area contributed by atoms with Crippen molar-refractivity contribution in [1.29, 1.82) is 0 Å². The van der Waals surface area contributed by atoms with E-state index in [1.54, 1.807) is 30.0 Å². The molecule has 1 N–H and O–H groups in total. The summed E-state index contributed by atoms with van der Waals surface area (Å²) >= 11 is 7.73. The monoisotopic (exact) mass is 402 g/mol. The van der Waals surface area contributed by atoms with Crippen LogP contribution in [0.3, 0.4) is 0 Å². The van der Waals surface area contributed by atoms with Crippen LogP contribution in [0.2, 0.25) is 5.02 Å². The maximum absolute atomic E-state index is 12.8. The lowest BCUT2D eigenvalue weighted by Gasteiger charge is -2.27. The van der Waals surface area contributed by atoms with Gasteiger partial charge in [0.1, 0.15) is 0 Å². The molecular formula is C21H23ClN2O2S. The Kier molecular flexibility index (Phi) is 7.18. The van der Waals surface area contributed by atoms with Crippen LogP contribution in [-0.4, -0.2) is 35.6 Å². The average molecular weight is 403 g/mol. The van der Waals surface area contributed by atoms with E-state index < -0.39 is 0 Å². The average Bonchev–Trinajstić information content (AvgIpc) is 2.69. The van der Waals surface area contributed by atoms with Crippen molar-refractivity contribution in [3.05, 3.63) is 59.1 Å². The van der Waals surface area contributed by atoms with Gasteiger partial charge < -0.3 is 10.2 Å². The largest absolute Gasteiger partial charge is 0.339 e. The normalized spacial score (nSPS) is 14.0. The first kappa shape index (κ1) is 19.8. The highest BCUT2D eigenvalue weighted by Crippen LogP contribution is 2.25. The number of nitrogens with one attached hydrogen (secondary N) is 1. The zero-order valence-corrected chi connectivity index (χ0v) is 16.7. The van der Waals surface area contributed by atoms with Crippen molar-refractivity contribution < 1.29 is 9.59 Å². The number of anilines is 1. The summed E-state index contributed by atoms with van der Waals surface area (Å²) in [6.45, 7) is 1.53. The molecule has 1 aliphatic heterocycles. The van der Waals surface area contributed by atoms with Crippen LogP contribution in [0.5, 0.6) is 0 Å². The van der Waals surface area contributed by atoms with Crippen LogP contribution in [0.15, 0.2) is 53.4 Å². The number of benzene rings is 2. The molecule has 0 aliphatic carbocycles. The molecule has 1 aliphatic rings. The Balaban J connectivity index is 1.62. The molecule has 27 heavy (non-hydrogen) atoms. The van der Waals surface area contributed by atoms with Gasteiger partial charge in [0.15, 0.2) is 0 Å². The van der Waals surface area contributed by atoms with Gasteiger partial charge in [-0.3, -0.25) is 9.59 Å². The quantitative estimate of drug-likeness (QED) is 0.685. The molecule has 0 bridgehead atoms. The van der Waals surface area contributed by atoms with E-state index in [1.165, 1.54) is 0 Å². The summed E-state index contributed by atoms with van der Waals surface area (Å²) in [5, 5.41) is 3.37. The van der Waals surface area contributed by atoms with Gasteiger partial charge >= 0.3 is 0 Å². The lowest BCUT2D eigenvalue weighted by Crippen LogP contribution is -2.36. The first-order valence-corrected chi connectivity index (χ1v) is 10.6. The van der Waals surface area contributed by atoms with Crippen LogP contribution in [-0.2, 0) is 4.79 Å². The molecule has 1 saturated heterocycles. The predicted octanol–water partition coefficient (Wildman–Crippen LogP) is 5.09. The van der Waals surface area contributed by atoms with Crippen LogP contribution in [0.1, 0.15) is 36.0 Å². The van der Waals surface area contributed by atoms with Crippen molar-refractivity contribution in [2.24, 2.45) is 0 Å². The summed E-state index contributed by atoms with van der Waals surface area (Å²) in [6.07, 6.45) is 3.58. The molecule has 0 spiro atoms. The molecule has 0 atom stereocenters. The smallest absolute Gasteiger partial charge is 0.255 e. The molecule has 2 amide bonds. The number of halogens is 1. The SMILES string of the molecule is O=C(CCSc1ccccc1)Nc1cc(Cl)ccc1C(=O)N1CCCCC1. The molecule has 6 heteroatoms. The minimum Gasteiger partial charge on any atom is -0.339 e. The van der Waals surface area contributed by atoms with E-state index in [1.807, 2.05) is 35.2 Å². The number of carbonyl (C=O) groups excluding carboxylic acids is 2. The molecule has 0 unspecified atom stereocenters. The highest BCUT2D eigenvalue weighted by molar-refractivity contribution is 7.99. The highest BCUT2D eigenvalue weighted by atomic mass is 35.5. The van der Waals surface area contributed by atoms with E-state index >= 15 is 0 Å². The Labute approximate surface area is 169 Å². The van der Waals surface area contributed by atoms with Gasteiger partial charge in [0, 0.05) is 35.2 Å². The Bertz CT molecular complexity index is 792. The molecule has 0 saturated carbocycles. The summed E-state index contributed by atoms with van der Waals surface area (Å²) in [4.78, 5) is 28.2. The minimum atomic E-state index is -0.117. The number of rotatable bonds is 6. The number of nitrogens with zero attached hydrogens (tertiary/aromatic N) is 1. The van der Waals surface area contributed by atoms with Crippen molar-refractivity contribution in [2.75, 3.05) is 24.2 Å². The molecule has 2 aromatic carbocycles. The fourth-order valence-electron chi connectivity index (χ4n) is 3.06. The van der Waals surface area contributed by atoms with E-state index in [-0.39, 0.29) is 11.8 Å². The van der Waals surface area contributed by atoms with Crippen LogP contribution in [0.25, 0.3) is 0 Å². The van der Waals surface area contributed by atoms with Gasteiger partial charge in [0.05, 0.1) is 11.3 Å². The zero-order chi connectivity index (χ0) is 19.1. The second kappa shape index (κ2) is 9.81. The van der Waals surface area contributed by atoms with Gasteiger partial charge in [-0.1, -0.05) is 29.8 Å². The van der Waals surface area contributed by atoms with Crippen molar-refractivity contribution in [3.63, 3.8) is 0 Å². The van der Waals surface area contributed by atoms with Gasteiger partial charge in [0.2, 0.25) is 5.91 Å². The topological polar surface area (TPSA) is 49.4 Å². The van der Waals surface area contributed by atoms with E-state index in [2.05, 4.69) is 5.32 Å². The lowest BCUT2D eigenvalue weighted by atomic mass is 10.1. The first-order valence-electron chi connectivity index (χ1n) is 9.20. The number of hydrogen-bond donors (Lipinski definition) is 1. The van der Waals surface area contributed by atoms with Crippen LogP contribution >= 0.6 is 23.4 Å². The van der Waals surface area contributed by atoms with E-state index in [4.69, 9.17) is 11.6 Å². The third kappa shape index (κ3) is 5.75. The summed E-state index contributed by atoms with van der Waals surface area (Å²) < 4.78 is 0. The highest BCUT2D eigenvalue weighted by Gasteiger charge is 2.21. The van der Waals surface area contributed by atoms with Crippen molar-refractivity contribution in [2.45, 2.75) is 30.6 Å². The van der Waals surface area contributed by atoms with Crippen LogP contribution in [0, 0.1) is 0 Å². The zero-order valence-electron chi connectivity index (χ0n) is 15.1. The van der Waals surface area contributed by atoms with Crippen LogP contribution < -0.4 is 5.32 Å². The second-order valence-electron chi connectivity index (χ2n) is 6.50. The van der Waals surface area contributed by atoms with Gasteiger partial charge in [-0.15, -0.1) is 11.8 Å². The molecule has 1 fully saturated rings. The van der Waals surface area contributed by atoms with Gasteiger partial charge in [-0.25, -0.2) is 0 Å². The molecule has 1 heterocycles. The van der Waals surface area contributed by atoms with E-state index in [0.717, 1.165) is 37.2 Å². The molecular weight excluding hydrogens is 380 g/mol. The Hall–Kier alpha value is -1.98. The van der Waals surface area contributed by atoms with E-state index in [0.29, 0.717) is 28.4 Å². The number of carbonyl (C=O) groups is 2. The van der Waals surface area contributed by atoms with E-state index in [9.17, 15) is 9.59 Å². The lowest BCUT2D eigenvalue weighted by molar-refractivity contribution is -0.115. The Morgan fingerprint density at radius 2 is 1.78 bits per heavy atom. The third-order valence-electron chi connectivity index (χ3n) is 4.47.